The largest absolute Gasteiger partial charge is 0.348 e. The third-order valence-corrected chi connectivity index (χ3v) is 5.80. The van der Waals surface area contributed by atoms with Gasteiger partial charge in [-0.25, -0.2) is 0 Å². The van der Waals surface area contributed by atoms with Crippen molar-refractivity contribution < 1.29 is 0 Å². The lowest BCUT2D eigenvalue weighted by molar-refractivity contribution is 0.293. The molecule has 0 spiro atoms. The molecule has 1 N–H and O–H groups in total. The highest BCUT2D eigenvalue weighted by molar-refractivity contribution is 7.80. The number of halogens is 3. The molecule has 3 nitrogen and oxygen atoms in total. The molecule has 0 fully saturated rings. The minimum absolute atomic E-state index is 0.0918. The van der Waals surface area contributed by atoms with Crippen molar-refractivity contribution >= 4 is 57.8 Å². The van der Waals surface area contributed by atoms with Crippen molar-refractivity contribution in [3.8, 4) is 0 Å². The summed E-state index contributed by atoms with van der Waals surface area (Å²) < 4.78 is 2.23. The second kappa shape index (κ2) is 7.72. The maximum atomic E-state index is 6.55. The van der Waals surface area contributed by atoms with Gasteiger partial charge in [-0.2, -0.15) is 0 Å². The number of thiocarbonyl (C=S) groups is 1. The molecule has 2 heterocycles. The number of rotatable bonds is 2. The first-order valence-corrected chi connectivity index (χ1v) is 10.0. The van der Waals surface area contributed by atoms with Crippen LogP contribution in [-0.2, 0) is 6.54 Å². The van der Waals surface area contributed by atoms with Crippen LogP contribution in [0.4, 0.5) is 5.69 Å². The van der Waals surface area contributed by atoms with E-state index < -0.39 is 0 Å². The SMILES string of the molecule is S=C(Nc1ccc(Cl)cc1)N1CCn2cccc2C1c1ccc(Cl)cc1Cl. The first-order valence-electron chi connectivity index (χ1n) is 8.46. The molecule has 0 saturated heterocycles. The zero-order valence-electron chi connectivity index (χ0n) is 14.2. The Morgan fingerprint density at radius 3 is 2.44 bits per heavy atom. The molecule has 1 aliphatic heterocycles. The van der Waals surface area contributed by atoms with E-state index in [0.29, 0.717) is 20.2 Å². The standard InChI is InChI=1S/C20H16Cl3N3S/c21-13-3-6-15(7-4-13)24-20(27)26-11-10-25-9-1-2-18(25)19(26)16-8-5-14(22)12-17(16)23/h1-9,12,19H,10-11H2,(H,24,27). The summed E-state index contributed by atoms with van der Waals surface area (Å²) in [5.41, 5.74) is 3.01. The van der Waals surface area contributed by atoms with Crippen molar-refractivity contribution in [3.63, 3.8) is 0 Å². The Morgan fingerprint density at radius 1 is 0.963 bits per heavy atom. The summed E-state index contributed by atoms with van der Waals surface area (Å²) in [6.45, 7) is 1.62. The molecule has 3 aromatic rings. The summed E-state index contributed by atoms with van der Waals surface area (Å²) >= 11 is 24.4. The summed E-state index contributed by atoms with van der Waals surface area (Å²) in [6.07, 6.45) is 2.08. The number of fused-ring (bicyclic) bond motifs is 1. The minimum Gasteiger partial charge on any atom is -0.348 e. The lowest BCUT2D eigenvalue weighted by Gasteiger charge is -2.39. The van der Waals surface area contributed by atoms with Gasteiger partial charge in [-0.1, -0.05) is 40.9 Å². The Kier molecular flexibility index (Phi) is 5.33. The molecule has 0 amide bonds. The van der Waals surface area contributed by atoms with Crippen LogP contribution in [0.1, 0.15) is 17.3 Å². The molecule has 27 heavy (non-hydrogen) atoms. The summed E-state index contributed by atoms with van der Waals surface area (Å²) in [6, 6.07) is 17.1. The fourth-order valence-electron chi connectivity index (χ4n) is 3.38. The van der Waals surface area contributed by atoms with Crippen molar-refractivity contribution in [1.82, 2.24) is 9.47 Å². The van der Waals surface area contributed by atoms with Gasteiger partial charge in [0.05, 0.1) is 6.04 Å². The first kappa shape index (κ1) is 18.6. The number of hydrogen-bond acceptors (Lipinski definition) is 1. The van der Waals surface area contributed by atoms with Gasteiger partial charge in [0.2, 0.25) is 0 Å². The van der Waals surface area contributed by atoms with E-state index in [4.69, 9.17) is 47.0 Å². The molecule has 0 aliphatic carbocycles. The molecule has 1 aromatic heterocycles. The van der Waals surface area contributed by atoms with E-state index >= 15 is 0 Å². The normalized spacial score (nSPS) is 16.1. The lowest BCUT2D eigenvalue weighted by atomic mass is 10.00. The van der Waals surface area contributed by atoms with Crippen LogP contribution in [-0.4, -0.2) is 21.1 Å². The predicted octanol–water partition coefficient (Wildman–Crippen LogP) is 6.25. The van der Waals surface area contributed by atoms with Gasteiger partial charge in [-0.3, -0.25) is 0 Å². The number of hydrogen-bond donors (Lipinski definition) is 1. The van der Waals surface area contributed by atoms with Crippen LogP contribution in [0.5, 0.6) is 0 Å². The number of nitrogens with zero attached hydrogens (tertiary/aromatic N) is 2. The summed E-state index contributed by atoms with van der Waals surface area (Å²) in [7, 11) is 0. The fraction of sp³-hybridized carbons (Fsp3) is 0.150. The van der Waals surface area contributed by atoms with Crippen LogP contribution in [0, 0.1) is 0 Å². The maximum Gasteiger partial charge on any atom is 0.174 e. The molecule has 7 heteroatoms. The second-order valence-corrected chi connectivity index (χ2v) is 7.99. The molecule has 4 rings (SSSR count). The first-order chi connectivity index (χ1) is 13.0. The van der Waals surface area contributed by atoms with Crippen molar-refractivity contribution in [2.24, 2.45) is 0 Å². The van der Waals surface area contributed by atoms with Gasteiger partial charge in [0.15, 0.2) is 5.11 Å². The lowest BCUT2D eigenvalue weighted by Crippen LogP contribution is -2.44. The zero-order chi connectivity index (χ0) is 19.0. The summed E-state index contributed by atoms with van der Waals surface area (Å²) in [5.74, 6) is 0. The molecule has 1 aliphatic rings. The summed E-state index contributed by atoms with van der Waals surface area (Å²) in [5, 5.41) is 5.88. The van der Waals surface area contributed by atoms with E-state index in [0.717, 1.165) is 30.0 Å². The molecule has 0 bridgehead atoms. The Morgan fingerprint density at radius 2 is 1.70 bits per heavy atom. The number of benzene rings is 2. The second-order valence-electron chi connectivity index (χ2n) is 6.33. The molecule has 2 aromatic carbocycles. The van der Waals surface area contributed by atoms with E-state index in [1.807, 2.05) is 42.5 Å². The molecular formula is C20H16Cl3N3S. The highest BCUT2D eigenvalue weighted by atomic mass is 35.5. The van der Waals surface area contributed by atoms with E-state index in [-0.39, 0.29) is 6.04 Å². The Hall–Kier alpha value is -1.72. The average molecular weight is 437 g/mol. The van der Waals surface area contributed by atoms with Crippen LogP contribution in [0.3, 0.4) is 0 Å². The van der Waals surface area contributed by atoms with Crippen molar-refractivity contribution in [2.75, 3.05) is 11.9 Å². The highest BCUT2D eigenvalue weighted by Gasteiger charge is 2.32. The van der Waals surface area contributed by atoms with E-state index in [9.17, 15) is 0 Å². The minimum atomic E-state index is -0.0918. The average Bonchev–Trinajstić information content (AvgIpc) is 3.12. The maximum absolute atomic E-state index is 6.55. The third kappa shape index (κ3) is 3.81. The molecule has 0 radical (unpaired) electrons. The van der Waals surface area contributed by atoms with Gasteiger partial charge in [0, 0.05) is 45.7 Å². The van der Waals surface area contributed by atoms with Crippen LogP contribution < -0.4 is 5.32 Å². The van der Waals surface area contributed by atoms with Crippen LogP contribution in [0.15, 0.2) is 60.8 Å². The molecular weight excluding hydrogens is 421 g/mol. The van der Waals surface area contributed by atoms with Crippen molar-refractivity contribution in [3.05, 3.63) is 87.1 Å². The van der Waals surface area contributed by atoms with Crippen LogP contribution in [0.25, 0.3) is 0 Å². The van der Waals surface area contributed by atoms with Gasteiger partial charge < -0.3 is 14.8 Å². The van der Waals surface area contributed by atoms with Crippen LogP contribution >= 0.6 is 47.0 Å². The Balaban J connectivity index is 1.70. The quantitative estimate of drug-likeness (QED) is 0.479. The molecule has 138 valence electrons. The van der Waals surface area contributed by atoms with Gasteiger partial charge in [0.1, 0.15) is 0 Å². The van der Waals surface area contributed by atoms with E-state index in [1.165, 1.54) is 0 Å². The van der Waals surface area contributed by atoms with E-state index in [2.05, 4.69) is 27.0 Å². The molecule has 0 saturated carbocycles. The van der Waals surface area contributed by atoms with Crippen LogP contribution in [0.2, 0.25) is 15.1 Å². The fourth-order valence-corrected chi connectivity index (χ4v) is 4.33. The monoisotopic (exact) mass is 435 g/mol. The topological polar surface area (TPSA) is 20.2 Å². The van der Waals surface area contributed by atoms with Gasteiger partial charge in [-0.05, 0) is 66.3 Å². The Bertz CT molecular complexity index is 984. The molecule has 1 atom stereocenters. The van der Waals surface area contributed by atoms with E-state index in [1.54, 1.807) is 6.07 Å². The van der Waals surface area contributed by atoms with Crippen molar-refractivity contribution in [2.45, 2.75) is 12.6 Å². The number of anilines is 1. The zero-order valence-corrected chi connectivity index (χ0v) is 17.3. The smallest absolute Gasteiger partial charge is 0.174 e. The van der Waals surface area contributed by atoms with Gasteiger partial charge in [0.25, 0.3) is 0 Å². The Labute approximate surface area is 178 Å². The molecule has 1 unspecified atom stereocenters. The number of aromatic nitrogens is 1. The van der Waals surface area contributed by atoms with Gasteiger partial charge >= 0.3 is 0 Å². The van der Waals surface area contributed by atoms with Gasteiger partial charge in [-0.15, -0.1) is 0 Å². The van der Waals surface area contributed by atoms with Crippen molar-refractivity contribution in [1.29, 1.82) is 0 Å². The number of nitrogens with one attached hydrogen (secondary N) is 1. The predicted molar refractivity (Wildman–Crippen MR) is 117 cm³/mol. The summed E-state index contributed by atoms with van der Waals surface area (Å²) in [4.78, 5) is 2.16. The third-order valence-electron chi connectivity index (χ3n) is 4.65. The highest BCUT2D eigenvalue weighted by Crippen LogP contribution is 2.37.